The number of hydrogen-bond acceptors (Lipinski definition) is 4. The van der Waals surface area contributed by atoms with Crippen LogP contribution < -0.4 is 4.74 Å². The van der Waals surface area contributed by atoms with Gasteiger partial charge in [-0.15, -0.1) is 11.3 Å². The predicted molar refractivity (Wildman–Crippen MR) is 137 cm³/mol. The summed E-state index contributed by atoms with van der Waals surface area (Å²) in [7, 11) is 0. The van der Waals surface area contributed by atoms with Gasteiger partial charge in [-0.2, -0.15) is 0 Å². The Morgan fingerprint density at radius 2 is 2.00 bits per heavy atom. The Bertz CT molecular complexity index is 1190. The van der Waals surface area contributed by atoms with Crippen LogP contribution in [0.5, 0.6) is 5.75 Å². The summed E-state index contributed by atoms with van der Waals surface area (Å²) in [5.74, 6) is 0.546. The van der Waals surface area contributed by atoms with Gasteiger partial charge < -0.3 is 14.5 Å². The first-order chi connectivity index (χ1) is 16.4. The van der Waals surface area contributed by atoms with Crippen LogP contribution in [-0.4, -0.2) is 47.9 Å². The number of amides is 2. The maximum Gasteiger partial charge on any atom is 0.254 e. The zero-order valence-corrected chi connectivity index (χ0v) is 21.3. The molecule has 3 aromatic rings. The summed E-state index contributed by atoms with van der Waals surface area (Å²) in [5, 5.41) is 2.57. The molecule has 0 spiro atoms. The molecule has 1 aliphatic heterocycles. The fourth-order valence-electron chi connectivity index (χ4n) is 4.39. The van der Waals surface area contributed by atoms with E-state index in [2.05, 4.69) is 24.4 Å². The van der Waals surface area contributed by atoms with Crippen molar-refractivity contribution in [3.8, 4) is 5.75 Å². The first-order valence-electron chi connectivity index (χ1n) is 11.5. The van der Waals surface area contributed by atoms with Gasteiger partial charge in [-0.25, -0.2) is 0 Å². The smallest absolute Gasteiger partial charge is 0.254 e. The van der Waals surface area contributed by atoms with Crippen molar-refractivity contribution in [2.75, 3.05) is 26.2 Å². The highest BCUT2D eigenvalue weighted by Gasteiger charge is 2.33. The third kappa shape index (κ3) is 5.29. The van der Waals surface area contributed by atoms with Crippen molar-refractivity contribution in [2.45, 2.75) is 33.2 Å². The standard InChI is InChI=1S/C27H29ClN2O3S/c1-4-29(27(32)20-6-5-7-21(28)15-20)16-26(31)30-12-10-25-22(11-13-34-25)23(30)17-33-24-9-8-18(2)14-19(24)3/h5-9,11,13-15,23H,4,10,12,16-17H2,1-3H3. The molecule has 2 aromatic carbocycles. The van der Waals surface area contributed by atoms with E-state index in [-0.39, 0.29) is 24.4 Å². The zero-order chi connectivity index (χ0) is 24.2. The Morgan fingerprint density at radius 1 is 1.18 bits per heavy atom. The molecule has 1 unspecified atom stereocenters. The molecular formula is C27H29ClN2O3S. The molecule has 7 heteroatoms. The molecule has 2 amide bonds. The monoisotopic (exact) mass is 496 g/mol. The third-order valence-corrected chi connectivity index (χ3v) is 7.44. The molecular weight excluding hydrogens is 468 g/mol. The minimum atomic E-state index is -0.199. The van der Waals surface area contributed by atoms with E-state index in [9.17, 15) is 9.59 Å². The van der Waals surface area contributed by atoms with E-state index < -0.39 is 0 Å². The molecule has 0 saturated carbocycles. The molecule has 0 fully saturated rings. The van der Waals surface area contributed by atoms with Gasteiger partial charge >= 0.3 is 0 Å². The van der Waals surface area contributed by atoms with Gasteiger partial charge in [-0.3, -0.25) is 9.59 Å². The molecule has 34 heavy (non-hydrogen) atoms. The lowest BCUT2D eigenvalue weighted by Gasteiger charge is -2.37. The average molecular weight is 497 g/mol. The van der Waals surface area contributed by atoms with Gasteiger partial charge in [0, 0.05) is 28.6 Å². The molecule has 4 rings (SSSR count). The maximum atomic E-state index is 13.5. The van der Waals surface area contributed by atoms with Crippen molar-refractivity contribution >= 4 is 34.8 Å². The number of nitrogens with zero attached hydrogens (tertiary/aromatic N) is 2. The van der Waals surface area contributed by atoms with Gasteiger partial charge in [-0.05, 0) is 74.0 Å². The Balaban J connectivity index is 1.52. The van der Waals surface area contributed by atoms with Crippen LogP contribution in [0.2, 0.25) is 5.02 Å². The van der Waals surface area contributed by atoms with Gasteiger partial charge in [0.1, 0.15) is 18.9 Å². The van der Waals surface area contributed by atoms with Crippen LogP contribution in [0.1, 0.15) is 44.9 Å². The van der Waals surface area contributed by atoms with E-state index in [0.29, 0.717) is 30.3 Å². The number of hydrogen-bond donors (Lipinski definition) is 0. The number of likely N-dealkylation sites (N-methyl/N-ethyl adjacent to an activating group) is 1. The zero-order valence-electron chi connectivity index (χ0n) is 19.7. The van der Waals surface area contributed by atoms with Crippen molar-refractivity contribution in [1.29, 1.82) is 0 Å². The summed E-state index contributed by atoms with van der Waals surface area (Å²) in [6, 6.07) is 14.8. The maximum absolute atomic E-state index is 13.5. The van der Waals surface area contributed by atoms with Gasteiger partial charge in [0.15, 0.2) is 0 Å². The quantitative estimate of drug-likeness (QED) is 0.422. The Morgan fingerprint density at radius 3 is 2.74 bits per heavy atom. The normalized spacial score (nSPS) is 15.1. The molecule has 1 atom stereocenters. The summed E-state index contributed by atoms with van der Waals surface area (Å²) in [6.07, 6.45) is 0.813. The first-order valence-corrected chi connectivity index (χ1v) is 12.7. The predicted octanol–water partition coefficient (Wildman–Crippen LogP) is 5.69. The van der Waals surface area contributed by atoms with Crippen molar-refractivity contribution in [2.24, 2.45) is 0 Å². The van der Waals surface area contributed by atoms with Gasteiger partial charge in [0.2, 0.25) is 5.91 Å². The van der Waals surface area contributed by atoms with Crippen LogP contribution in [0.4, 0.5) is 0 Å². The molecule has 0 bridgehead atoms. The molecule has 2 heterocycles. The third-order valence-electron chi connectivity index (χ3n) is 6.21. The van der Waals surface area contributed by atoms with E-state index in [4.69, 9.17) is 16.3 Å². The summed E-state index contributed by atoms with van der Waals surface area (Å²) >= 11 is 7.79. The molecule has 1 aliphatic rings. The topological polar surface area (TPSA) is 49.9 Å². The van der Waals surface area contributed by atoms with Crippen LogP contribution >= 0.6 is 22.9 Å². The van der Waals surface area contributed by atoms with Crippen molar-refractivity contribution in [3.05, 3.63) is 86.1 Å². The lowest BCUT2D eigenvalue weighted by molar-refractivity contribution is -0.135. The van der Waals surface area contributed by atoms with E-state index >= 15 is 0 Å². The van der Waals surface area contributed by atoms with Crippen molar-refractivity contribution in [1.82, 2.24) is 9.80 Å². The number of thiophene rings is 1. The number of aryl methyl sites for hydroxylation is 2. The van der Waals surface area contributed by atoms with E-state index in [1.165, 1.54) is 10.4 Å². The van der Waals surface area contributed by atoms with E-state index in [0.717, 1.165) is 23.3 Å². The van der Waals surface area contributed by atoms with Crippen LogP contribution in [0.25, 0.3) is 0 Å². The van der Waals surface area contributed by atoms with Crippen molar-refractivity contribution in [3.63, 3.8) is 0 Å². The number of carbonyl (C=O) groups excluding carboxylic acids is 2. The Kier molecular flexibility index (Phi) is 7.59. The minimum absolute atomic E-state index is 0.0153. The number of fused-ring (bicyclic) bond motifs is 1. The Hall–Kier alpha value is -2.83. The molecule has 0 radical (unpaired) electrons. The van der Waals surface area contributed by atoms with E-state index in [1.807, 2.05) is 30.9 Å². The second-order valence-corrected chi connectivity index (χ2v) is 10.00. The number of ether oxygens (including phenoxy) is 1. The summed E-state index contributed by atoms with van der Waals surface area (Å²) in [4.78, 5) is 31.3. The van der Waals surface area contributed by atoms with Crippen LogP contribution in [0, 0.1) is 13.8 Å². The molecule has 178 valence electrons. The Labute approximate surface area is 209 Å². The highest BCUT2D eigenvalue weighted by molar-refractivity contribution is 7.10. The highest BCUT2D eigenvalue weighted by Crippen LogP contribution is 2.34. The fraction of sp³-hybridized carbons (Fsp3) is 0.333. The van der Waals surface area contributed by atoms with Gasteiger partial charge in [-0.1, -0.05) is 35.4 Å². The molecule has 0 saturated heterocycles. The lowest BCUT2D eigenvalue weighted by atomic mass is 10.00. The van der Waals surface area contributed by atoms with Crippen LogP contribution in [0.3, 0.4) is 0 Å². The lowest BCUT2D eigenvalue weighted by Crippen LogP contribution is -2.47. The summed E-state index contributed by atoms with van der Waals surface area (Å²) < 4.78 is 6.21. The fourth-order valence-corrected chi connectivity index (χ4v) is 5.51. The number of carbonyl (C=O) groups is 2. The average Bonchev–Trinajstić information content (AvgIpc) is 3.30. The van der Waals surface area contributed by atoms with Crippen LogP contribution in [0.15, 0.2) is 53.9 Å². The largest absolute Gasteiger partial charge is 0.491 e. The first kappa shape index (κ1) is 24.3. The van der Waals surface area contributed by atoms with Gasteiger partial charge in [0.25, 0.3) is 5.91 Å². The summed E-state index contributed by atoms with van der Waals surface area (Å²) in [5.41, 5.74) is 3.88. The second-order valence-electron chi connectivity index (χ2n) is 8.56. The van der Waals surface area contributed by atoms with Gasteiger partial charge in [0.05, 0.1) is 6.04 Å². The number of benzene rings is 2. The minimum Gasteiger partial charge on any atom is -0.491 e. The number of rotatable bonds is 7. The van der Waals surface area contributed by atoms with E-state index in [1.54, 1.807) is 40.5 Å². The van der Waals surface area contributed by atoms with Crippen LogP contribution in [-0.2, 0) is 11.2 Å². The number of halogens is 1. The SMILES string of the molecule is CCN(CC(=O)N1CCc2sccc2C1COc1ccc(C)cc1C)C(=O)c1cccc(Cl)c1. The highest BCUT2D eigenvalue weighted by atomic mass is 35.5. The molecule has 0 N–H and O–H groups in total. The molecule has 5 nitrogen and oxygen atoms in total. The van der Waals surface area contributed by atoms with Crippen molar-refractivity contribution < 1.29 is 14.3 Å². The molecule has 1 aromatic heterocycles. The molecule has 0 aliphatic carbocycles. The second kappa shape index (κ2) is 10.6. The summed E-state index contributed by atoms with van der Waals surface area (Å²) in [6.45, 7) is 7.39.